The Morgan fingerprint density at radius 1 is 1.15 bits per heavy atom. The van der Waals surface area contributed by atoms with Gasteiger partial charge in [-0.15, -0.1) is 11.8 Å². The molecule has 144 valence electrons. The number of thioether (sulfide) groups is 1. The van der Waals surface area contributed by atoms with Crippen molar-refractivity contribution < 1.29 is 23.5 Å². The van der Waals surface area contributed by atoms with Gasteiger partial charge in [0.05, 0.1) is 12.0 Å². The molecule has 1 atom stereocenters. The Labute approximate surface area is 161 Å². The fraction of sp³-hybridized carbons (Fsp3) is 0.316. The van der Waals surface area contributed by atoms with Crippen LogP contribution >= 0.6 is 11.8 Å². The molecule has 0 aliphatic heterocycles. The van der Waals surface area contributed by atoms with Gasteiger partial charge in [-0.3, -0.25) is 9.59 Å². The largest absolute Gasteiger partial charge is 0.459 e. The second-order valence-electron chi connectivity index (χ2n) is 6.03. The molecule has 27 heavy (non-hydrogen) atoms. The number of nitrogens with one attached hydrogen (secondary N) is 2. The van der Waals surface area contributed by atoms with Gasteiger partial charge in [-0.05, 0) is 36.4 Å². The summed E-state index contributed by atoms with van der Waals surface area (Å²) in [6.45, 7) is 3.09. The SMILES string of the molecule is CSc1ccccc1NC(=O)COC(=O)[C@@H](NC(=O)c1ccco1)C(C)C. The van der Waals surface area contributed by atoms with Crippen LogP contribution in [-0.4, -0.2) is 36.7 Å². The molecule has 0 fully saturated rings. The Bertz CT molecular complexity index is 789. The normalized spacial score (nSPS) is 11.7. The number of hydrogen-bond donors (Lipinski definition) is 2. The van der Waals surface area contributed by atoms with Gasteiger partial charge in [-0.2, -0.15) is 0 Å². The van der Waals surface area contributed by atoms with Gasteiger partial charge in [0.2, 0.25) is 0 Å². The third-order valence-corrected chi connectivity index (χ3v) is 4.47. The van der Waals surface area contributed by atoms with E-state index in [-0.39, 0.29) is 11.7 Å². The van der Waals surface area contributed by atoms with E-state index in [9.17, 15) is 14.4 Å². The molecule has 0 aliphatic rings. The van der Waals surface area contributed by atoms with E-state index < -0.39 is 30.4 Å². The molecule has 8 heteroatoms. The fourth-order valence-electron chi connectivity index (χ4n) is 2.28. The highest BCUT2D eigenvalue weighted by Crippen LogP contribution is 2.24. The van der Waals surface area contributed by atoms with Crippen molar-refractivity contribution in [2.75, 3.05) is 18.2 Å². The van der Waals surface area contributed by atoms with E-state index in [1.165, 1.54) is 24.1 Å². The number of hydrogen-bond acceptors (Lipinski definition) is 6. The maximum Gasteiger partial charge on any atom is 0.329 e. The van der Waals surface area contributed by atoms with E-state index in [1.807, 2.05) is 18.4 Å². The zero-order valence-electron chi connectivity index (χ0n) is 15.4. The predicted molar refractivity (Wildman–Crippen MR) is 103 cm³/mol. The van der Waals surface area contributed by atoms with Crippen LogP contribution in [0.15, 0.2) is 52.0 Å². The highest BCUT2D eigenvalue weighted by molar-refractivity contribution is 7.98. The standard InChI is InChI=1S/C19H22N2O5S/c1-12(2)17(21-18(23)14-8-6-10-25-14)19(24)26-11-16(22)20-13-7-4-5-9-15(13)27-3/h4-10,12,17H,11H2,1-3H3,(H,20,22)(H,21,23)/t17-/m0/s1. The quantitative estimate of drug-likeness (QED) is 0.531. The van der Waals surface area contributed by atoms with Crippen LogP contribution in [0.3, 0.4) is 0 Å². The molecule has 2 amide bonds. The Morgan fingerprint density at radius 3 is 2.52 bits per heavy atom. The zero-order chi connectivity index (χ0) is 19.8. The highest BCUT2D eigenvalue weighted by atomic mass is 32.2. The van der Waals surface area contributed by atoms with Gasteiger partial charge in [0.1, 0.15) is 6.04 Å². The predicted octanol–water partition coefficient (Wildman–Crippen LogP) is 2.94. The highest BCUT2D eigenvalue weighted by Gasteiger charge is 2.27. The van der Waals surface area contributed by atoms with Gasteiger partial charge in [0.25, 0.3) is 11.8 Å². The Morgan fingerprint density at radius 2 is 1.89 bits per heavy atom. The molecule has 7 nitrogen and oxygen atoms in total. The molecule has 0 aliphatic carbocycles. The lowest BCUT2D eigenvalue weighted by molar-refractivity contribution is -0.150. The van der Waals surface area contributed by atoms with E-state index >= 15 is 0 Å². The summed E-state index contributed by atoms with van der Waals surface area (Å²) in [4.78, 5) is 37.4. The van der Waals surface area contributed by atoms with E-state index in [4.69, 9.17) is 9.15 Å². The van der Waals surface area contributed by atoms with Gasteiger partial charge >= 0.3 is 5.97 Å². The number of carbonyl (C=O) groups is 3. The molecule has 2 aromatic rings. The van der Waals surface area contributed by atoms with Crippen LogP contribution in [0.1, 0.15) is 24.4 Å². The first-order valence-corrected chi connectivity index (χ1v) is 9.58. The summed E-state index contributed by atoms with van der Waals surface area (Å²) in [6.07, 6.45) is 3.27. The average Bonchev–Trinajstić information content (AvgIpc) is 3.19. The number of amides is 2. The molecule has 0 unspecified atom stereocenters. The second-order valence-corrected chi connectivity index (χ2v) is 6.88. The van der Waals surface area contributed by atoms with Crippen LogP contribution in [0.5, 0.6) is 0 Å². The summed E-state index contributed by atoms with van der Waals surface area (Å²) in [7, 11) is 0. The molecule has 0 spiro atoms. The molecule has 0 bridgehead atoms. The van der Waals surface area contributed by atoms with Crippen LogP contribution < -0.4 is 10.6 Å². The Balaban J connectivity index is 1.91. The molecule has 0 saturated carbocycles. The summed E-state index contributed by atoms with van der Waals surface area (Å²) >= 11 is 1.50. The second kappa shape index (κ2) is 9.82. The number of anilines is 1. The number of rotatable bonds is 8. The van der Waals surface area contributed by atoms with E-state index in [1.54, 1.807) is 32.0 Å². The first-order valence-electron chi connectivity index (χ1n) is 8.36. The Kier molecular flexibility index (Phi) is 7.48. The van der Waals surface area contributed by atoms with Gasteiger partial charge in [0.15, 0.2) is 12.4 Å². The number of carbonyl (C=O) groups excluding carboxylic acids is 3. The van der Waals surface area contributed by atoms with Crippen LogP contribution in [0, 0.1) is 5.92 Å². The van der Waals surface area contributed by atoms with E-state index in [0.29, 0.717) is 5.69 Å². The third kappa shape index (κ3) is 5.89. The summed E-state index contributed by atoms with van der Waals surface area (Å²) in [5.74, 6) is -1.78. The van der Waals surface area contributed by atoms with Crippen molar-refractivity contribution in [2.24, 2.45) is 5.92 Å². The van der Waals surface area contributed by atoms with Crippen LogP contribution in [-0.2, 0) is 14.3 Å². The topological polar surface area (TPSA) is 97.6 Å². The average molecular weight is 390 g/mol. The molecule has 1 heterocycles. The maximum atomic E-state index is 12.3. The summed E-state index contributed by atoms with van der Waals surface area (Å²) in [5, 5.41) is 5.28. The molecule has 0 saturated heterocycles. The zero-order valence-corrected chi connectivity index (χ0v) is 16.2. The minimum absolute atomic E-state index is 0.0971. The van der Waals surface area contributed by atoms with Crippen molar-refractivity contribution >= 4 is 35.2 Å². The third-order valence-electron chi connectivity index (χ3n) is 3.68. The smallest absolute Gasteiger partial charge is 0.329 e. The van der Waals surface area contributed by atoms with Crippen molar-refractivity contribution in [3.8, 4) is 0 Å². The van der Waals surface area contributed by atoms with Gasteiger partial charge in [-0.1, -0.05) is 26.0 Å². The lowest BCUT2D eigenvalue weighted by Crippen LogP contribution is -2.45. The monoisotopic (exact) mass is 390 g/mol. The summed E-state index contributed by atoms with van der Waals surface area (Å²) in [6, 6.07) is 9.51. The summed E-state index contributed by atoms with van der Waals surface area (Å²) < 4.78 is 10.1. The minimum Gasteiger partial charge on any atom is -0.459 e. The van der Waals surface area contributed by atoms with E-state index in [2.05, 4.69) is 10.6 Å². The molecular formula is C19H22N2O5S. The van der Waals surface area contributed by atoms with Crippen molar-refractivity contribution in [2.45, 2.75) is 24.8 Å². The van der Waals surface area contributed by atoms with Crippen LogP contribution in [0.2, 0.25) is 0 Å². The minimum atomic E-state index is -0.895. The summed E-state index contributed by atoms with van der Waals surface area (Å²) in [5.41, 5.74) is 0.651. The lowest BCUT2D eigenvalue weighted by Gasteiger charge is -2.20. The maximum absolute atomic E-state index is 12.3. The first-order chi connectivity index (χ1) is 12.9. The van der Waals surface area contributed by atoms with Crippen molar-refractivity contribution in [3.63, 3.8) is 0 Å². The molecule has 2 rings (SSSR count). The molecule has 2 N–H and O–H groups in total. The van der Waals surface area contributed by atoms with Crippen molar-refractivity contribution in [1.82, 2.24) is 5.32 Å². The van der Waals surface area contributed by atoms with Crippen LogP contribution in [0.4, 0.5) is 5.69 Å². The first kappa shape index (κ1) is 20.6. The molecular weight excluding hydrogens is 368 g/mol. The lowest BCUT2D eigenvalue weighted by atomic mass is 10.0. The number of esters is 1. The van der Waals surface area contributed by atoms with Crippen molar-refractivity contribution in [3.05, 3.63) is 48.4 Å². The van der Waals surface area contributed by atoms with Crippen LogP contribution in [0.25, 0.3) is 0 Å². The number of para-hydroxylation sites is 1. The Hall–Kier alpha value is -2.74. The number of ether oxygens (including phenoxy) is 1. The van der Waals surface area contributed by atoms with E-state index in [0.717, 1.165) is 4.90 Å². The molecule has 1 aromatic carbocycles. The number of furan rings is 1. The van der Waals surface area contributed by atoms with Gasteiger partial charge in [-0.25, -0.2) is 4.79 Å². The van der Waals surface area contributed by atoms with Gasteiger partial charge < -0.3 is 19.8 Å². The molecule has 0 radical (unpaired) electrons. The van der Waals surface area contributed by atoms with Gasteiger partial charge in [0, 0.05) is 4.90 Å². The number of benzene rings is 1. The molecule has 1 aromatic heterocycles. The fourth-order valence-corrected chi connectivity index (χ4v) is 2.83. The van der Waals surface area contributed by atoms with Crippen molar-refractivity contribution in [1.29, 1.82) is 0 Å².